The Morgan fingerprint density at radius 1 is 1.26 bits per heavy atom. The number of primary amides is 1. The van der Waals surface area contributed by atoms with Crippen molar-refractivity contribution in [2.24, 2.45) is 5.73 Å². The van der Waals surface area contributed by atoms with Crippen LogP contribution in [0.25, 0.3) is 10.9 Å². The number of carbonyl (C=O) groups excluding carboxylic acids is 1. The number of rotatable bonds is 2. The zero-order valence-corrected chi connectivity index (χ0v) is 10.1. The van der Waals surface area contributed by atoms with E-state index in [-0.39, 0.29) is 6.10 Å². The van der Waals surface area contributed by atoms with Crippen molar-refractivity contribution in [3.05, 3.63) is 66.1 Å². The van der Waals surface area contributed by atoms with E-state index in [2.05, 4.69) is 4.98 Å². The van der Waals surface area contributed by atoms with Crippen LogP contribution in [0.2, 0.25) is 0 Å². The number of allylic oxidation sites excluding steroid dienone is 2. The van der Waals surface area contributed by atoms with Gasteiger partial charge < -0.3 is 10.5 Å². The van der Waals surface area contributed by atoms with Crippen molar-refractivity contribution in [2.45, 2.75) is 6.10 Å². The molecule has 1 aromatic heterocycles. The summed E-state index contributed by atoms with van der Waals surface area (Å²) in [6, 6.07) is 9.12. The molecular formula is C15H12N2O2. The van der Waals surface area contributed by atoms with E-state index in [9.17, 15) is 4.79 Å². The van der Waals surface area contributed by atoms with Crippen LogP contribution in [-0.4, -0.2) is 10.9 Å². The molecule has 0 spiro atoms. The Morgan fingerprint density at radius 2 is 2.11 bits per heavy atom. The van der Waals surface area contributed by atoms with E-state index in [1.165, 1.54) is 0 Å². The van der Waals surface area contributed by atoms with E-state index < -0.39 is 5.91 Å². The molecule has 0 aliphatic carbocycles. The lowest BCUT2D eigenvalue weighted by Gasteiger charge is -2.16. The average molecular weight is 252 g/mol. The first-order chi connectivity index (χ1) is 9.25. The highest BCUT2D eigenvalue weighted by Crippen LogP contribution is 2.25. The van der Waals surface area contributed by atoms with Crippen LogP contribution >= 0.6 is 0 Å². The number of fused-ring (bicyclic) bond motifs is 1. The first-order valence-electron chi connectivity index (χ1n) is 5.94. The predicted molar refractivity (Wildman–Crippen MR) is 72.4 cm³/mol. The number of para-hydroxylation sites is 1. The summed E-state index contributed by atoms with van der Waals surface area (Å²) in [4.78, 5) is 16.1. The van der Waals surface area contributed by atoms with Gasteiger partial charge >= 0.3 is 0 Å². The molecule has 94 valence electrons. The summed E-state index contributed by atoms with van der Waals surface area (Å²) < 4.78 is 5.47. The maximum atomic E-state index is 11.6. The van der Waals surface area contributed by atoms with E-state index >= 15 is 0 Å². The van der Waals surface area contributed by atoms with E-state index in [0.29, 0.717) is 11.3 Å². The van der Waals surface area contributed by atoms with E-state index in [0.717, 1.165) is 10.9 Å². The van der Waals surface area contributed by atoms with Crippen LogP contribution in [0.3, 0.4) is 0 Å². The lowest BCUT2D eigenvalue weighted by Crippen LogP contribution is -2.14. The lowest BCUT2D eigenvalue weighted by atomic mass is 10.0. The second kappa shape index (κ2) is 4.57. The molecule has 3 rings (SSSR count). The molecule has 2 aromatic rings. The maximum absolute atomic E-state index is 11.6. The molecule has 2 heterocycles. The number of nitrogens with zero attached hydrogens (tertiary/aromatic N) is 1. The van der Waals surface area contributed by atoms with Crippen LogP contribution in [0.5, 0.6) is 0 Å². The van der Waals surface area contributed by atoms with Crippen molar-refractivity contribution in [1.82, 2.24) is 4.98 Å². The molecule has 0 bridgehead atoms. The first kappa shape index (κ1) is 11.5. The molecule has 2 N–H and O–H groups in total. The van der Waals surface area contributed by atoms with Gasteiger partial charge in [0, 0.05) is 5.39 Å². The molecule has 0 saturated heterocycles. The monoisotopic (exact) mass is 252 g/mol. The lowest BCUT2D eigenvalue weighted by molar-refractivity contribution is 0.100. The molecular weight excluding hydrogens is 240 g/mol. The minimum absolute atomic E-state index is 0.285. The van der Waals surface area contributed by atoms with E-state index in [1.54, 1.807) is 18.4 Å². The Morgan fingerprint density at radius 3 is 2.84 bits per heavy atom. The highest BCUT2D eigenvalue weighted by Gasteiger charge is 2.16. The molecule has 4 nitrogen and oxygen atoms in total. The Hall–Kier alpha value is -2.62. The van der Waals surface area contributed by atoms with Crippen LogP contribution in [0.4, 0.5) is 0 Å². The third-order valence-electron chi connectivity index (χ3n) is 2.99. The third-order valence-corrected chi connectivity index (χ3v) is 2.99. The van der Waals surface area contributed by atoms with Crippen LogP contribution < -0.4 is 5.73 Å². The molecule has 1 aromatic carbocycles. The topological polar surface area (TPSA) is 65.2 Å². The van der Waals surface area contributed by atoms with Crippen molar-refractivity contribution >= 4 is 16.8 Å². The summed E-state index contributed by atoms with van der Waals surface area (Å²) in [5.74, 6) is -0.463. The van der Waals surface area contributed by atoms with Crippen LogP contribution in [0.15, 0.2) is 54.8 Å². The molecule has 0 saturated carbocycles. The predicted octanol–water partition coefficient (Wildman–Crippen LogP) is 2.47. The minimum atomic E-state index is -0.463. The van der Waals surface area contributed by atoms with Gasteiger partial charge in [-0.05, 0) is 24.3 Å². The van der Waals surface area contributed by atoms with Crippen LogP contribution in [0.1, 0.15) is 22.2 Å². The summed E-state index contributed by atoms with van der Waals surface area (Å²) in [6.45, 7) is 0. The second-order valence-electron chi connectivity index (χ2n) is 4.25. The fraction of sp³-hybridized carbons (Fsp3) is 0.0667. The van der Waals surface area contributed by atoms with Crippen molar-refractivity contribution < 1.29 is 9.53 Å². The fourth-order valence-corrected chi connectivity index (χ4v) is 2.10. The van der Waals surface area contributed by atoms with Crippen molar-refractivity contribution in [1.29, 1.82) is 0 Å². The Bertz CT molecular complexity index is 704. The summed E-state index contributed by atoms with van der Waals surface area (Å²) >= 11 is 0. The molecule has 1 amide bonds. The first-order valence-corrected chi connectivity index (χ1v) is 5.94. The van der Waals surface area contributed by atoms with Crippen molar-refractivity contribution in [2.75, 3.05) is 0 Å². The number of carbonyl (C=O) groups is 1. The number of nitrogens with two attached hydrogens (primary N) is 1. The summed E-state index contributed by atoms with van der Waals surface area (Å²) in [7, 11) is 0. The molecule has 0 fully saturated rings. The van der Waals surface area contributed by atoms with E-state index in [1.807, 2.05) is 36.4 Å². The van der Waals surface area contributed by atoms with Gasteiger partial charge in [0.25, 0.3) is 0 Å². The molecule has 0 radical (unpaired) electrons. The number of pyridine rings is 1. The largest absolute Gasteiger partial charge is 0.488 e. The fourth-order valence-electron chi connectivity index (χ4n) is 2.10. The average Bonchev–Trinajstić information content (AvgIpc) is 2.47. The van der Waals surface area contributed by atoms with Crippen molar-refractivity contribution in [3.63, 3.8) is 0 Å². The number of amides is 1. The molecule has 1 unspecified atom stereocenters. The van der Waals surface area contributed by atoms with Gasteiger partial charge in [-0.3, -0.25) is 4.79 Å². The standard InChI is InChI=1S/C15H12N2O2/c16-15(18)11-9-13(14-7-3-4-8-19-14)17-12-6-2-1-5-10(11)12/h1-9,14H,(H2,16,18). The number of hydrogen-bond donors (Lipinski definition) is 1. The molecule has 1 aliphatic heterocycles. The molecule has 1 atom stereocenters. The van der Waals surface area contributed by atoms with E-state index in [4.69, 9.17) is 10.5 Å². The SMILES string of the molecule is NC(=O)c1cc(C2C=CC=CO2)nc2ccccc12. The second-order valence-corrected chi connectivity index (χ2v) is 4.25. The Kier molecular flexibility index (Phi) is 2.76. The smallest absolute Gasteiger partial charge is 0.249 e. The third kappa shape index (κ3) is 2.08. The quantitative estimate of drug-likeness (QED) is 0.892. The Labute approximate surface area is 110 Å². The van der Waals surface area contributed by atoms with Gasteiger partial charge in [0.05, 0.1) is 23.0 Å². The zero-order valence-electron chi connectivity index (χ0n) is 10.1. The zero-order chi connectivity index (χ0) is 13.2. The number of aromatic nitrogens is 1. The van der Waals surface area contributed by atoms with Gasteiger partial charge in [0.15, 0.2) is 6.10 Å². The summed E-state index contributed by atoms with van der Waals surface area (Å²) in [5, 5.41) is 0.758. The van der Waals surface area contributed by atoms with Gasteiger partial charge in [0.1, 0.15) is 0 Å². The van der Waals surface area contributed by atoms with Gasteiger partial charge in [-0.25, -0.2) is 4.98 Å². The van der Waals surface area contributed by atoms with Crippen molar-refractivity contribution in [3.8, 4) is 0 Å². The summed E-state index contributed by atoms with van der Waals surface area (Å²) in [6.07, 6.45) is 6.88. The summed E-state index contributed by atoms with van der Waals surface area (Å²) in [5.41, 5.74) is 7.31. The highest BCUT2D eigenvalue weighted by molar-refractivity contribution is 6.05. The highest BCUT2D eigenvalue weighted by atomic mass is 16.5. The number of hydrogen-bond acceptors (Lipinski definition) is 3. The maximum Gasteiger partial charge on any atom is 0.249 e. The van der Waals surface area contributed by atoms with Gasteiger partial charge in [0.2, 0.25) is 5.91 Å². The molecule has 19 heavy (non-hydrogen) atoms. The molecule has 1 aliphatic rings. The van der Waals surface area contributed by atoms with Crippen LogP contribution in [0, 0.1) is 0 Å². The van der Waals surface area contributed by atoms with Gasteiger partial charge in [-0.2, -0.15) is 0 Å². The van der Waals surface area contributed by atoms with Gasteiger partial charge in [-0.15, -0.1) is 0 Å². The Balaban J connectivity index is 2.19. The number of ether oxygens (including phenoxy) is 1. The molecule has 4 heteroatoms. The van der Waals surface area contributed by atoms with Crippen LogP contribution in [-0.2, 0) is 4.74 Å². The normalized spacial score (nSPS) is 17.4. The minimum Gasteiger partial charge on any atom is -0.488 e. The van der Waals surface area contributed by atoms with Gasteiger partial charge in [-0.1, -0.05) is 24.3 Å². The number of benzene rings is 1.